The van der Waals surface area contributed by atoms with Gasteiger partial charge in [0.05, 0.1) is 12.2 Å². The number of hydrogen-bond donors (Lipinski definition) is 0. The van der Waals surface area contributed by atoms with Crippen molar-refractivity contribution < 1.29 is 14.2 Å². The molecule has 0 heterocycles. The molecule has 0 N–H and O–H groups in total. The van der Waals surface area contributed by atoms with Crippen molar-refractivity contribution in [3.05, 3.63) is 47.0 Å². The first-order valence-electron chi connectivity index (χ1n) is 8.41. The number of thiocarbonyl (C=S) groups is 1. The van der Waals surface area contributed by atoms with E-state index in [9.17, 15) is 0 Å². The van der Waals surface area contributed by atoms with Crippen LogP contribution in [0.1, 0.15) is 37.0 Å². The van der Waals surface area contributed by atoms with E-state index in [0.717, 1.165) is 33.7 Å². The first kappa shape index (κ1) is 19.3. The van der Waals surface area contributed by atoms with Crippen LogP contribution in [0.15, 0.2) is 30.3 Å². The van der Waals surface area contributed by atoms with Crippen molar-refractivity contribution >= 4 is 30.6 Å². The van der Waals surface area contributed by atoms with E-state index < -0.39 is 0 Å². The van der Waals surface area contributed by atoms with Gasteiger partial charge in [-0.05, 0) is 56.8 Å². The summed E-state index contributed by atoms with van der Waals surface area (Å²) in [5.41, 5.74) is 3.58. The Kier molecular flexibility index (Phi) is 6.88. The van der Waals surface area contributed by atoms with Gasteiger partial charge in [0.2, 0.25) is 0 Å². The van der Waals surface area contributed by atoms with Crippen molar-refractivity contribution in [3.8, 4) is 17.2 Å². The van der Waals surface area contributed by atoms with Gasteiger partial charge in [-0.15, -0.1) is 0 Å². The zero-order chi connectivity index (χ0) is 18.4. The minimum atomic E-state index is 0.321. The first-order valence-corrected chi connectivity index (χ1v) is 8.81. The minimum absolute atomic E-state index is 0.321. The summed E-state index contributed by atoms with van der Waals surface area (Å²) < 4.78 is 17.6. The zero-order valence-electron chi connectivity index (χ0n) is 15.2. The smallest absolute Gasteiger partial charge is 0.167 e. The van der Waals surface area contributed by atoms with Gasteiger partial charge in [-0.25, -0.2) is 0 Å². The van der Waals surface area contributed by atoms with E-state index in [1.54, 1.807) is 0 Å². The Morgan fingerprint density at radius 1 is 1.00 bits per heavy atom. The van der Waals surface area contributed by atoms with E-state index in [1.165, 1.54) is 0 Å². The standard InChI is InChI=1S/C20H23BO3S/c1-5-20(25)24-18-9-7-8-17(22-6-2)15(18)12-23-19-11-13(3)16(21)10-14(19)4/h7-11H,5-6,12H2,1-4H3. The number of benzene rings is 2. The van der Waals surface area contributed by atoms with Crippen molar-refractivity contribution in [2.24, 2.45) is 0 Å². The van der Waals surface area contributed by atoms with Crippen LogP contribution in [0.2, 0.25) is 0 Å². The van der Waals surface area contributed by atoms with Gasteiger partial charge in [0.15, 0.2) is 5.05 Å². The molecule has 0 aliphatic carbocycles. The molecule has 5 heteroatoms. The molecule has 0 saturated carbocycles. The summed E-state index contributed by atoms with van der Waals surface area (Å²) in [6.45, 7) is 8.73. The van der Waals surface area contributed by atoms with E-state index >= 15 is 0 Å². The molecule has 0 aliphatic heterocycles. The predicted molar refractivity (Wildman–Crippen MR) is 107 cm³/mol. The summed E-state index contributed by atoms with van der Waals surface area (Å²) in [4.78, 5) is 0. The average molecular weight is 354 g/mol. The third kappa shape index (κ3) is 4.99. The average Bonchev–Trinajstić information content (AvgIpc) is 2.58. The van der Waals surface area contributed by atoms with E-state index in [2.05, 4.69) is 0 Å². The largest absolute Gasteiger partial charge is 0.493 e. The minimum Gasteiger partial charge on any atom is -0.493 e. The molecular weight excluding hydrogens is 331 g/mol. The van der Waals surface area contributed by atoms with Gasteiger partial charge in [-0.2, -0.15) is 0 Å². The zero-order valence-corrected chi connectivity index (χ0v) is 16.0. The molecule has 2 radical (unpaired) electrons. The Hall–Kier alpha value is -2.01. The number of hydrogen-bond acceptors (Lipinski definition) is 4. The summed E-state index contributed by atoms with van der Waals surface area (Å²) in [5, 5.41) is 0.536. The summed E-state index contributed by atoms with van der Waals surface area (Å²) in [6, 6.07) is 9.55. The van der Waals surface area contributed by atoms with Crippen LogP contribution in [0.4, 0.5) is 0 Å². The second kappa shape index (κ2) is 8.91. The highest BCUT2D eigenvalue weighted by Gasteiger charge is 2.14. The van der Waals surface area contributed by atoms with Crippen molar-refractivity contribution in [1.29, 1.82) is 0 Å². The van der Waals surface area contributed by atoms with Gasteiger partial charge in [0.1, 0.15) is 31.7 Å². The first-order chi connectivity index (χ1) is 12.0. The van der Waals surface area contributed by atoms with Gasteiger partial charge >= 0.3 is 0 Å². The van der Waals surface area contributed by atoms with Crippen LogP contribution >= 0.6 is 12.2 Å². The van der Waals surface area contributed by atoms with E-state index in [4.69, 9.17) is 34.3 Å². The number of ether oxygens (including phenoxy) is 3. The van der Waals surface area contributed by atoms with Gasteiger partial charge in [-0.1, -0.05) is 30.1 Å². The van der Waals surface area contributed by atoms with Crippen LogP contribution in [0.3, 0.4) is 0 Å². The molecule has 2 aromatic carbocycles. The molecule has 0 atom stereocenters. The molecule has 3 nitrogen and oxygen atoms in total. The summed E-state index contributed by atoms with van der Waals surface area (Å²) in [6.07, 6.45) is 0.671. The molecule has 0 unspecified atom stereocenters. The number of aryl methyl sites for hydroxylation is 2. The lowest BCUT2D eigenvalue weighted by Crippen LogP contribution is -2.11. The van der Waals surface area contributed by atoms with Crippen molar-refractivity contribution in [2.45, 2.75) is 40.7 Å². The summed E-state index contributed by atoms with van der Waals surface area (Å²) >= 11 is 5.22. The van der Waals surface area contributed by atoms with Crippen LogP contribution in [-0.4, -0.2) is 19.5 Å². The number of rotatable bonds is 7. The molecule has 0 aliphatic rings. The molecule has 2 aromatic rings. The van der Waals surface area contributed by atoms with Crippen molar-refractivity contribution in [3.63, 3.8) is 0 Å². The van der Waals surface area contributed by atoms with Gasteiger partial charge < -0.3 is 14.2 Å². The lowest BCUT2D eigenvalue weighted by molar-refractivity contribution is 0.280. The maximum Gasteiger partial charge on any atom is 0.167 e. The Bertz CT molecular complexity index is 759. The molecule has 2 rings (SSSR count). The van der Waals surface area contributed by atoms with Gasteiger partial charge in [0, 0.05) is 6.42 Å². The van der Waals surface area contributed by atoms with Crippen LogP contribution in [-0.2, 0) is 6.61 Å². The van der Waals surface area contributed by atoms with Gasteiger partial charge in [0.25, 0.3) is 0 Å². The highest BCUT2D eigenvalue weighted by molar-refractivity contribution is 7.80. The fourth-order valence-corrected chi connectivity index (χ4v) is 2.48. The van der Waals surface area contributed by atoms with Crippen LogP contribution in [0.25, 0.3) is 0 Å². The van der Waals surface area contributed by atoms with Crippen molar-refractivity contribution in [2.75, 3.05) is 6.61 Å². The predicted octanol–water partition coefficient (Wildman–Crippen LogP) is 4.19. The Morgan fingerprint density at radius 2 is 1.72 bits per heavy atom. The second-order valence-electron chi connectivity index (χ2n) is 5.76. The lowest BCUT2D eigenvalue weighted by Gasteiger charge is -2.17. The quantitative estimate of drug-likeness (QED) is 0.550. The van der Waals surface area contributed by atoms with Crippen molar-refractivity contribution in [1.82, 2.24) is 0 Å². The lowest BCUT2D eigenvalue weighted by atomic mass is 9.89. The fraction of sp³-hybridized carbons (Fsp3) is 0.350. The van der Waals surface area contributed by atoms with E-state index in [0.29, 0.717) is 30.4 Å². The third-order valence-corrected chi connectivity index (χ3v) is 4.21. The highest BCUT2D eigenvalue weighted by atomic mass is 32.1. The van der Waals surface area contributed by atoms with Gasteiger partial charge in [-0.3, -0.25) is 0 Å². The molecular formula is C20H23BO3S. The molecule has 25 heavy (non-hydrogen) atoms. The second-order valence-corrected chi connectivity index (χ2v) is 6.21. The van der Waals surface area contributed by atoms with Crippen LogP contribution in [0.5, 0.6) is 17.2 Å². The Balaban J connectivity index is 2.30. The molecule has 0 spiro atoms. The topological polar surface area (TPSA) is 27.7 Å². The maximum atomic E-state index is 6.04. The SMILES string of the molecule is [B]c1cc(C)c(OCc2c(OCC)cccc2OC(=S)CC)cc1C. The van der Waals surface area contributed by atoms with E-state index in [-0.39, 0.29) is 0 Å². The maximum absolute atomic E-state index is 6.04. The molecule has 0 fully saturated rings. The summed E-state index contributed by atoms with van der Waals surface area (Å²) in [7, 11) is 5.94. The Morgan fingerprint density at radius 3 is 2.40 bits per heavy atom. The summed E-state index contributed by atoms with van der Waals surface area (Å²) in [5.74, 6) is 2.20. The Labute approximate surface area is 156 Å². The highest BCUT2D eigenvalue weighted by Crippen LogP contribution is 2.31. The normalized spacial score (nSPS) is 10.4. The van der Waals surface area contributed by atoms with Crippen LogP contribution < -0.4 is 19.7 Å². The fourth-order valence-electron chi connectivity index (χ4n) is 2.39. The molecule has 130 valence electrons. The molecule has 0 saturated heterocycles. The molecule has 0 amide bonds. The molecule has 0 aromatic heterocycles. The van der Waals surface area contributed by atoms with Crippen LogP contribution in [0, 0.1) is 13.8 Å². The van der Waals surface area contributed by atoms with E-state index in [1.807, 2.05) is 58.0 Å². The molecule has 0 bridgehead atoms. The third-order valence-electron chi connectivity index (χ3n) is 3.84. The monoisotopic (exact) mass is 354 g/mol.